The van der Waals surface area contributed by atoms with Crippen molar-refractivity contribution in [3.8, 4) is 6.07 Å². The van der Waals surface area contributed by atoms with Gasteiger partial charge in [-0.05, 0) is 31.0 Å². The molecule has 0 aliphatic heterocycles. The van der Waals surface area contributed by atoms with Crippen LogP contribution in [0.3, 0.4) is 0 Å². The van der Waals surface area contributed by atoms with Gasteiger partial charge in [-0.2, -0.15) is 5.26 Å². The molecule has 132 valence electrons. The number of hydrogen-bond acceptors (Lipinski definition) is 6. The van der Waals surface area contributed by atoms with E-state index in [1.54, 1.807) is 0 Å². The number of halogens is 1. The molecule has 3 rings (SSSR count). The predicted octanol–water partition coefficient (Wildman–Crippen LogP) is 3.61. The van der Waals surface area contributed by atoms with Gasteiger partial charge < -0.3 is 0 Å². The number of nitriles is 1. The number of rotatable bonds is 4. The molecule has 1 aromatic carbocycles. The van der Waals surface area contributed by atoms with Crippen molar-refractivity contribution in [2.45, 2.75) is 27.3 Å². The number of benzene rings is 1. The lowest BCUT2D eigenvalue weighted by Crippen LogP contribution is -2.24. The Hall–Kier alpha value is -2.76. The topological polar surface area (TPSA) is 87.7 Å². The molecule has 0 atom stereocenters. The van der Waals surface area contributed by atoms with Crippen LogP contribution in [-0.4, -0.2) is 25.7 Å². The van der Waals surface area contributed by atoms with Crippen molar-refractivity contribution >= 4 is 39.7 Å². The van der Waals surface area contributed by atoms with Crippen molar-refractivity contribution in [2.75, 3.05) is 4.90 Å². The zero-order valence-electron chi connectivity index (χ0n) is 14.4. The van der Waals surface area contributed by atoms with Crippen LogP contribution < -0.4 is 4.90 Å². The van der Waals surface area contributed by atoms with E-state index < -0.39 is 0 Å². The monoisotopic (exact) mass is 386 g/mol. The maximum absolute atomic E-state index is 12.3. The third-order valence-corrected chi connectivity index (χ3v) is 4.79. The second-order valence-electron chi connectivity index (χ2n) is 5.77. The van der Waals surface area contributed by atoms with E-state index in [1.807, 2.05) is 37.4 Å². The summed E-state index contributed by atoms with van der Waals surface area (Å²) in [5.74, 6) is -0.0693. The van der Waals surface area contributed by atoms with E-state index in [0.717, 1.165) is 11.1 Å². The number of carbonyl (C=O) groups is 1. The highest BCUT2D eigenvalue weighted by Gasteiger charge is 2.22. The Kier molecular flexibility index (Phi) is 5.02. The zero-order chi connectivity index (χ0) is 18.8. The Bertz CT molecular complexity index is 995. The van der Waals surface area contributed by atoms with Gasteiger partial charge >= 0.3 is 0 Å². The van der Waals surface area contributed by atoms with Crippen LogP contribution in [0, 0.1) is 25.2 Å². The number of aryl methyl sites for hydroxylation is 2. The van der Waals surface area contributed by atoms with Gasteiger partial charge in [0.05, 0.1) is 22.9 Å². The maximum atomic E-state index is 12.3. The first-order valence-electron chi connectivity index (χ1n) is 7.70. The van der Waals surface area contributed by atoms with Crippen LogP contribution >= 0.6 is 22.9 Å². The fourth-order valence-corrected chi connectivity index (χ4v) is 3.91. The molecule has 9 heteroatoms. The van der Waals surface area contributed by atoms with Crippen LogP contribution in [0.2, 0.25) is 5.02 Å². The smallest absolute Gasteiger partial charge is 0.252 e. The molecule has 26 heavy (non-hydrogen) atoms. The van der Waals surface area contributed by atoms with E-state index >= 15 is 0 Å². The summed E-state index contributed by atoms with van der Waals surface area (Å²) in [5.41, 5.74) is 3.28. The molecule has 0 N–H and O–H groups in total. The van der Waals surface area contributed by atoms with Crippen LogP contribution in [0.25, 0.3) is 0 Å². The van der Waals surface area contributed by atoms with Gasteiger partial charge in [0.2, 0.25) is 5.91 Å². The van der Waals surface area contributed by atoms with Crippen molar-refractivity contribution in [2.24, 2.45) is 0 Å². The number of thiazole rings is 1. The molecule has 2 aromatic heterocycles. The zero-order valence-corrected chi connectivity index (χ0v) is 16.0. The number of amides is 1. The largest absolute Gasteiger partial charge is 0.274 e. The van der Waals surface area contributed by atoms with Gasteiger partial charge in [0.15, 0.2) is 5.13 Å². The van der Waals surface area contributed by atoms with Gasteiger partial charge in [0, 0.05) is 12.3 Å². The lowest BCUT2D eigenvalue weighted by Gasteiger charge is -2.22. The molecule has 0 saturated heterocycles. The summed E-state index contributed by atoms with van der Waals surface area (Å²) in [5, 5.41) is 15.7. The number of nitrogens with zero attached hydrogens (tertiary/aromatic N) is 6. The molecule has 7 nitrogen and oxygen atoms in total. The molecule has 0 saturated carbocycles. The molecule has 0 aliphatic carbocycles. The van der Waals surface area contributed by atoms with E-state index in [9.17, 15) is 4.79 Å². The molecule has 0 radical (unpaired) electrons. The first kappa shape index (κ1) is 18.0. The highest BCUT2D eigenvalue weighted by Crippen LogP contribution is 2.37. The van der Waals surface area contributed by atoms with Gasteiger partial charge in [-0.1, -0.05) is 17.7 Å². The summed E-state index contributed by atoms with van der Waals surface area (Å²) in [4.78, 5) is 22.2. The van der Waals surface area contributed by atoms with E-state index in [-0.39, 0.29) is 11.7 Å². The van der Waals surface area contributed by atoms with E-state index in [0.29, 0.717) is 28.1 Å². The van der Waals surface area contributed by atoms with Crippen molar-refractivity contribution in [1.29, 1.82) is 5.26 Å². The Morgan fingerprint density at radius 3 is 2.81 bits per heavy atom. The number of anilines is 2. The summed E-state index contributed by atoms with van der Waals surface area (Å²) < 4.78 is 1.53. The van der Waals surface area contributed by atoms with Crippen LogP contribution in [0.4, 0.5) is 10.8 Å². The van der Waals surface area contributed by atoms with Crippen molar-refractivity contribution in [1.82, 2.24) is 19.7 Å². The number of hydrogen-bond donors (Lipinski definition) is 0. The van der Waals surface area contributed by atoms with Crippen LogP contribution in [0.5, 0.6) is 0 Å². The lowest BCUT2D eigenvalue weighted by molar-refractivity contribution is -0.115. The molecule has 2 heterocycles. The fraction of sp³-hybridized carbons (Fsp3) is 0.235. The Balaban J connectivity index is 1.94. The molecule has 3 aromatic rings. The first-order valence-corrected chi connectivity index (χ1v) is 8.96. The normalized spacial score (nSPS) is 10.6. The molecular formula is C17H15ClN6OS. The Morgan fingerprint density at radius 1 is 1.42 bits per heavy atom. The molecule has 1 amide bonds. The standard InChI is InChI=1S/C17H15ClN6OS/c1-10-4-11(2)16(14(18)5-10)24(12(3)25)17-21-13(8-26-17)7-23-9-20-15(6-19)22-23/h4-5,8-9H,7H2,1-3H3. The average molecular weight is 387 g/mol. The first-order chi connectivity index (χ1) is 12.4. The van der Waals surface area contributed by atoms with Gasteiger partial charge in [-0.15, -0.1) is 16.4 Å². The second kappa shape index (κ2) is 7.23. The van der Waals surface area contributed by atoms with Gasteiger partial charge in [0.25, 0.3) is 5.82 Å². The number of carbonyl (C=O) groups excluding carboxylic acids is 1. The minimum atomic E-state index is -0.174. The van der Waals surface area contributed by atoms with E-state index in [2.05, 4.69) is 15.1 Å². The Labute approximate surface area is 159 Å². The lowest BCUT2D eigenvalue weighted by atomic mass is 10.1. The summed E-state index contributed by atoms with van der Waals surface area (Å²) in [6.45, 7) is 5.71. The van der Waals surface area contributed by atoms with Crippen molar-refractivity contribution < 1.29 is 4.79 Å². The average Bonchev–Trinajstić information content (AvgIpc) is 3.20. The van der Waals surface area contributed by atoms with Crippen molar-refractivity contribution in [3.63, 3.8) is 0 Å². The summed E-state index contributed by atoms with van der Waals surface area (Å²) >= 11 is 7.75. The van der Waals surface area contributed by atoms with Gasteiger partial charge in [-0.25, -0.2) is 14.6 Å². The Morgan fingerprint density at radius 2 is 2.19 bits per heavy atom. The fourth-order valence-electron chi connectivity index (χ4n) is 2.64. The highest BCUT2D eigenvalue weighted by atomic mass is 35.5. The van der Waals surface area contributed by atoms with Crippen molar-refractivity contribution in [3.05, 3.63) is 51.5 Å². The molecular weight excluding hydrogens is 372 g/mol. The second-order valence-corrected chi connectivity index (χ2v) is 7.01. The molecule has 0 bridgehead atoms. The highest BCUT2D eigenvalue weighted by molar-refractivity contribution is 7.14. The van der Waals surface area contributed by atoms with E-state index in [1.165, 1.54) is 34.2 Å². The minimum Gasteiger partial charge on any atom is -0.274 e. The minimum absolute atomic E-state index is 0.105. The molecule has 0 fully saturated rings. The summed E-state index contributed by atoms with van der Waals surface area (Å²) in [6, 6.07) is 5.68. The molecule has 0 spiro atoms. The summed E-state index contributed by atoms with van der Waals surface area (Å²) in [7, 11) is 0. The third-order valence-electron chi connectivity index (χ3n) is 3.63. The van der Waals surface area contributed by atoms with Gasteiger partial charge in [0.1, 0.15) is 12.4 Å². The summed E-state index contributed by atoms with van der Waals surface area (Å²) in [6.07, 6.45) is 1.47. The number of aromatic nitrogens is 4. The van der Waals surface area contributed by atoms with Crippen LogP contribution in [0.1, 0.15) is 29.6 Å². The molecule has 0 unspecified atom stereocenters. The van der Waals surface area contributed by atoms with Crippen LogP contribution in [0.15, 0.2) is 23.8 Å². The third kappa shape index (κ3) is 3.59. The molecule has 0 aliphatic rings. The maximum Gasteiger partial charge on any atom is 0.252 e. The van der Waals surface area contributed by atoms with Gasteiger partial charge in [-0.3, -0.25) is 9.69 Å². The quantitative estimate of drug-likeness (QED) is 0.683. The van der Waals surface area contributed by atoms with Crippen LogP contribution in [-0.2, 0) is 11.3 Å². The van der Waals surface area contributed by atoms with E-state index in [4.69, 9.17) is 16.9 Å². The predicted molar refractivity (Wildman–Crippen MR) is 99.7 cm³/mol. The SMILES string of the molecule is CC(=O)N(c1nc(Cn2cnc(C#N)n2)cs1)c1c(C)cc(C)cc1Cl.